The molecule has 0 amide bonds. The second-order valence-corrected chi connectivity index (χ2v) is 4.14. The first-order valence-electron chi connectivity index (χ1n) is 5.39. The van der Waals surface area contributed by atoms with Gasteiger partial charge in [-0.05, 0) is 25.0 Å². The molecule has 1 fully saturated rings. The van der Waals surface area contributed by atoms with E-state index >= 15 is 0 Å². The van der Waals surface area contributed by atoms with Crippen LogP contribution < -0.4 is 5.32 Å². The van der Waals surface area contributed by atoms with Gasteiger partial charge in [0.15, 0.2) is 0 Å². The van der Waals surface area contributed by atoms with Crippen molar-refractivity contribution < 1.29 is 0 Å². The fourth-order valence-electron chi connectivity index (χ4n) is 2.43. The third-order valence-electron chi connectivity index (χ3n) is 3.22. The van der Waals surface area contributed by atoms with E-state index in [2.05, 4.69) is 17.6 Å². The summed E-state index contributed by atoms with van der Waals surface area (Å²) >= 11 is 0. The van der Waals surface area contributed by atoms with E-state index in [9.17, 15) is 0 Å². The third kappa shape index (κ3) is 1.82. The summed E-state index contributed by atoms with van der Waals surface area (Å²) in [6, 6.07) is 0.781. The lowest BCUT2D eigenvalue weighted by molar-refractivity contribution is 0.423. The Kier molecular flexibility index (Phi) is 2.70. The van der Waals surface area contributed by atoms with Crippen LogP contribution in [0.1, 0.15) is 44.9 Å². The molecule has 0 radical (unpaired) electrons. The topological polar surface area (TPSA) is 12.0 Å². The first-order valence-corrected chi connectivity index (χ1v) is 5.39. The fourth-order valence-corrected chi connectivity index (χ4v) is 2.43. The van der Waals surface area contributed by atoms with Crippen molar-refractivity contribution in [1.29, 1.82) is 0 Å². The van der Waals surface area contributed by atoms with Crippen LogP contribution in [0.5, 0.6) is 0 Å². The van der Waals surface area contributed by atoms with E-state index in [1.807, 2.05) is 0 Å². The number of rotatable bonds is 0. The van der Waals surface area contributed by atoms with E-state index in [1.165, 1.54) is 44.9 Å². The second kappa shape index (κ2) is 3.97. The molecule has 1 heteroatoms. The normalized spacial score (nSPS) is 36.0. The SMILES string of the molecule is C1=CC2CCCCCCCC2N1. The first kappa shape index (κ1) is 8.15. The van der Waals surface area contributed by atoms with Crippen molar-refractivity contribution in [2.75, 3.05) is 0 Å². The van der Waals surface area contributed by atoms with Crippen molar-refractivity contribution >= 4 is 0 Å². The number of fused-ring (bicyclic) bond motifs is 1. The highest BCUT2D eigenvalue weighted by Crippen LogP contribution is 2.25. The largest absolute Gasteiger partial charge is 0.388 e. The summed E-state index contributed by atoms with van der Waals surface area (Å²) in [5.74, 6) is 0.850. The molecule has 0 spiro atoms. The molecule has 2 atom stereocenters. The van der Waals surface area contributed by atoms with Crippen LogP contribution in [0.25, 0.3) is 0 Å². The van der Waals surface area contributed by atoms with Crippen LogP contribution in [0.15, 0.2) is 12.3 Å². The zero-order chi connectivity index (χ0) is 8.23. The Hall–Kier alpha value is -0.460. The summed E-state index contributed by atoms with van der Waals surface area (Å²) in [4.78, 5) is 0. The molecule has 2 rings (SSSR count). The van der Waals surface area contributed by atoms with Gasteiger partial charge in [0.25, 0.3) is 0 Å². The number of hydrogen-bond acceptors (Lipinski definition) is 1. The monoisotopic (exact) mass is 165 g/mol. The van der Waals surface area contributed by atoms with Gasteiger partial charge in [-0.15, -0.1) is 0 Å². The van der Waals surface area contributed by atoms with Gasteiger partial charge in [0.05, 0.1) is 0 Å². The summed E-state index contributed by atoms with van der Waals surface area (Å²) in [5.41, 5.74) is 0. The Morgan fingerprint density at radius 2 is 1.67 bits per heavy atom. The maximum atomic E-state index is 3.47. The average molecular weight is 165 g/mol. The molecule has 1 aliphatic carbocycles. The van der Waals surface area contributed by atoms with Crippen molar-refractivity contribution in [3.05, 3.63) is 12.3 Å². The highest BCUT2D eigenvalue weighted by atomic mass is 14.9. The molecule has 0 aromatic carbocycles. The molecule has 1 N–H and O–H groups in total. The lowest BCUT2D eigenvalue weighted by Crippen LogP contribution is -2.26. The standard InChI is InChI=1S/C11H19N/c1-2-4-6-10-8-9-12-11(10)7-5-3-1/h8-12H,1-7H2. The van der Waals surface area contributed by atoms with Gasteiger partial charge >= 0.3 is 0 Å². The lowest BCUT2D eigenvalue weighted by atomic mass is 9.94. The Labute approximate surface area is 75.2 Å². The molecule has 0 saturated heterocycles. The van der Waals surface area contributed by atoms with Crippen LogP contribution in [-0.4, -0.2) is 6.04 Å². The Bertz CT molecular complexity index is 162. The van der Waals surface area contributed by atoms with E-state index in [-0.39, 0.29) is 0 Å². The van der Waals surface area contributed by atoms with Crippen LogP contribution in [0, 0.1) is 5.92 Å². The van der Waals surface area contributed by atoms with Gasteiger partial charge in [-0.25, -0.2) is 0 Å². The smallest absolute Gasteiger partial charge is 0.0319 e. The third-order valence-corrected chi connectivity index (χ3v) is 3.22. The van der Waals surface area contributed by atoms with Crippen LogP contribution in [0.3, 0.4) is 0 Å². The lowest BCUT2D eigenvalue weighted by Gasteiger charge is -2.18. The quantitative estimate of drug-likeness (QED) is 0.582. The number of nitrogens with one attached hydrogen (secondary N) is 1. The molecule has 1 saturated carbocycles. The summed E-state index contributed by atoms with van der Waals surface area (Å²) in [6.07, 6.45) is 14.6. The Balaban J connectivity index is 1.90. The van der Waals surface area contributed by atoms with E-state index in [1.54, 1.807) is 0 Å². The molecule has 2 aliphatic rings. The number of hydrogen-bond donors (Lipinski definition) is 1. The first-order chi connectivity index (χ1) is 5.97. The molecule has 12 heavy (non-hydrogen) atoms. The predicted octanol–water partition coefficient (Wildman–Crippen LogP) is 2.83. The average Bonchev–Trinajstić information content (AvgIpc) is 2.50. The van der Waals surface area contributed by atoms with Gasteiger partial charge in [0.1, 0.15) is 0 Å². The van der Waals surface area contributed by atoms with Crippen molar-refractivity contribution in [2.45, 2.75) is 51.0 Å². The second-order valence-electron chi connectivity index (χ2n) is 4.14. The predicted molar refractivity (Wildman–Crippen MR) is 51.9 cm³/mol. The zero-order valence-electron chi connectivity index (χ0n) is 7.76. The molecule has 1 aliphatic heterocycles. The molecule has 68 valence electrons. The van der Waals surface area contributed by atoms with Crippen LogP contribution in [0.2, 0.25) is 0 Å². The van der Waals surface area contributed by atoms with Gasteiger partial charge < -0.3 is 5.32 Å². The molecular weight excluding hydrogens is 146 g/mol. The summed E-state index contributed by atoms with van der Waals surface area (Å²) in [7, 11) is 0. The van der Waals surface area contributed by atoms with Crippen LogP contribution in [-0.2, 0) is 0 Å². The molecule has 0 bridgehead atoms. The summed E-state index contributed by atoms with van der Waals surface area (Å²) in [5, 5.41) is 3.47. The molecular formula is C11H19N. The summed E-state index contributed by atoms with van der Waals surface area (Å²) < 4.78 is 0. The summed E-state index contributed by atoms with van der Waals surface area (Å²) in [6.45, 7) is 0. The van der Waals surface area contributed by atoms with Gasteiger partial charge in [0.2, 0.25) is 0 Å². The fraction of sp³-hybridized carbons (Fsp3) is 0.818. The van der Waals surface area contributed by atoms with Crippen molar-refractivity contribution in [2.24, 2.45) is 5.92 Å². The van der Waals surface area contributed by atoms with E-state index in [4.69, 9.17) is 0 Å². The van der Waals surface area contributed by atoms with Crippen molar-refractivity contribution in [3.8, 4) is 0 Å². The van der Waals surface area contributed by atoms with E-state index in [0.29, 0.717) is 0 Å². The molecule has 1 nitrogen and oxygen atoms in total. The minimum Gasteiger partial charge on any atom is -0.388 e. The van der Waals surface area contributed by atoms with Gasteiger partial charge in [-0.1, -0.05) is 38.2 Å². The van der Waals surface area contributed by atoms with E-state index < -0.39 is 0 Å². The molecule has 2 unspecified atom stereocenters. The Morgan fingerprint density at radius 3 is 2.58 bits per heavy atom. The highest BCUT2D eigenvalue weighted by molar-refractivity contribution is 5.02. The van der Waals surface area contributed by atoms with Gasteiger partial charge in [-0.2, -0.15) is 0 Å². The van der Waals surface area contributed by atoms with Crippen LogP contribution in [0.4, 0.5) is 0 Å². The van der Waals surface area contributed by atoms with E-state index in [0.717, 1.165) is 12.0 Å². The highest BCUT2D eigenvalue weighted by Gasteiger charge is 2.21. The van der Waals surface area contributed by atoms with Crippen molar-refractivity contribution in [3.63, 3.8) is 0 Å². The van der Waals surface area contributed by atoms with Crippen molar-refractivity contribution in [1.82, 2.24) is 5.32 Å². The van der Waals surface area contributed by atoms with Crippen LogP contribution >= 0.6 is 0 Å². The molecule has 1 heterocycles. The Morgan fingerprint density at radius 1 is 0.917 bits per heavy atom. The maximum absolute atomic E-state index is 3.47. The minimum atomic E-state index is 0.781. The minimum absolute atomic E-state index is 0.781. The zero-order valence-corrected chi connectivity index (χ0v) is 7.76. The molecule has 0 aromatic rings. The van der Waals surface area contributed by atoms with Gasteiger partial charge in [0, 0.05) is 6.04 Å². The molecule has 0 aromatic heterocycles. The van der Waals surface area contributed by atoms with Gasteiger partial charge in [-0.3, -0.25) is 0 Å². The maximum Gasteiger partial charge on any atom is 0.0319 e.